The predicted molar refractivity (Wildman–Crippen MR) is 93.5 cm³/mol. The SMILES string of the molecule is O=C(NC1COC1)N1CCCN(C(=O)c2c[nH]c3ccccc23)CC1. The molecule has 4 rings (SSSR count). The topological polar surface area (TPSA) is 77.7 Å². The highest BCUT2D eigenvalue weighted by Crippen LogP contribution is 2.20. The molecule has 3 heterocycles. The number of nitrogens with zero attached hydrogens (tertiary/aromatic N) is 2. The molecule has 25 heavy (non-hydrogen) atoms. The molecule has 132 valence electrons. The number of ether oxygens (including phenoxy) is 1. The van der Waals surface area contributed by atoms with Crippen molar-refractivity contribution in [3.63, 3.8) is 0 Å². The third kappa shape index (κ3) is 3.19. The average Bonchev–Trinajstić information content (AvgIpc) is 2.86. The van der Waals surface area contributed by atoms with Crippen LogP contribution in [-0.4, -0.2) is 72.2 Å². The summed E-state index contributed by atoms with van der Waals surface area (Å²) in [7, 11) is 0. The average molecular weight is 342 g/mol. The minimum Gasteiger partial charge on any atom is -0.377 e. The van der Waals surface area contributed by atoms with Gasteiger partial charge in [-0.15, -0.1) is 0 Å². The Balaban J connectivity index is 1.41. The summed E-state index contributed by atoms with van der Waals surface area (Å²) in [5, 5.41) is 3.90. The molecule has 1 aromatic heterocycles. The van der Waals surface area contributed by atoms with Crippen LogP contribution in [0.2, 0.25) is 0 Å². The smallest absolute Gasteiger partial charge is 0.317 e. The van der Waals surface area contributed by atoms with Crippen molar-refractivity contribution in [1.82, 2.24) is 20.1 Å². The van der Waals surface area contributed by atoms with Crippen LogP contribution in [0.5, 0.6) is 0 Å². The van der Waals surface area contributed by atoms with E-state index >= 15 is 0 Å². The Kier molecular flexibility index (Phi) is 4.31. The molecule has 0 bridgehead atoms. The van der Waals surface area contributed by atoms with E-state index < -0.39 is 0 Å². The number of carbonyl (C=O) groups excluding carboxylic acids is 2. The molecule has 1 aromatic carbocycles. The fourth-order valence-electron chi connectivity index (χ4n) is 3.33. The number of benzene rings is 1. The van der Waals surface area contributed by atoms with Crippen LogP contribution in [0.4, 0.5) is 4.79 Å². The summed E-state index contributed by atoms with van der Waals surface area (Å²) in [6.07, 6.45) is 2.56. The van der Waals surface area contributed by atoms with Crippen molar-refractivity contribution in [3.05, 3.63) is 36.0 Å². The van der Waals surface area contributed by atoms with Crippen LogP contribution in [0.15, 0.2) is 30.5 Å². The van der Waals surface area contributed by atoms with E-state index in [0.29, 0.717) is 45.0 Å². The maximum Gasteiger partial charge on any atom is 0.317 e. The molecule has 2 fully saturated rings. The molecule has 0 unspecified atom stereocenters. The Morgan fingerprint density at radius 1 is 1.08 bits per heavy atom. The Hall–Kier alpha value is -2.54. The summed E-state index contributed by atoms with van der Waals surface area (Å²) in [4.78, 5) is 32.0. The number of aromatic nitrogens is 1. The van der Waals surface area contributed by atoms with Crippen molar-refractivity contribution in [2.75, 3.05) is 39.4 Å². The first-order valence-electron chi connectivity index (χ1n) is 8.71. The third-order valence-electron chi connectivity index (χ3n) is 4.86. The van der Waals surface area contributed by atoms with Gasteiger partial charge in [-0.3, -0.25) is 4.79 Å². The monoisotopic (exact) mass is 342 g/mol. The van der Waals surface area contributed by atoms with Crippen molar-refractivity contribution in [2.45, 2.75) is 12.5 Å². The first-order chi connectivity index (χ1) is 12.2. The Bertz CT molecular complexity index is 783. The maximum atomic E-state index is 12.9. The third-order valence-corrected chi connectivity index (χ3v) is 4.86. The van der Waals surface area contributed by atoms with E-state index in [1.54, 1.807) is 11.1 Å². The van der Waals surface area contributed by atoms with Crippen LogP contribution in [-0.2, 0) is 4.74 Å². The number of carbonyl (C=O) groups is 2. The normalized spacial score (nSPS) is 18.7. The summed E-state index contributed by atoms with van der Waals surface area (Å²) >= 11 is 0. The number of hydrogen-bond donors (Lipinski definition) is 2. The Morgan fingerprint density at radius 2 is 1.84 bits per heavy atom. The zero-order valence-electron chi connectivity index (χ0n) is 14.0. The molecule has 0 atom stereocenters. The van der Waals surface area contributed by atoms with Gasteiger partial charge in [0.25, 0.3) is 5.91 Å². The summed E-state index contributed by atoms with van der Waals surface area (Å²) in [5.74, 6) is 0.0205. The summed E-state index contributed by atoms with van der Waals surface area (Å²) in [6.45, 7) is 3.60. The van der Waals surface area contributed by atoms with Gasteiger partial charge in [-0.25, -0.2) is 4.79 Å². The van der Waals surface area contributed by atoms with Crippen LogP contribution in [0.25, 0.3) is 10.9 Å². The zero-order valence-corrected chi connectivity index (χ0v) is 14.0. The fraction of sp³-hybridized carbons (Fsp3) is 0.444. The molecule has 0 spiro atoms. The van der Waals surface area contributed by atoms with Gasteiger partial charge in [0.2, 0.25) is 0 Å². The fourth-order valence-corrected chi connectivity index (χ4v) is 3.33. The second-order valence-electron chi connectivity index (χ2n) is 6.56. The number of nitrogens with one attached hydrogen (secondary N) is 2. The van der Waals surface area contributed by atoms with Gasteiger partial charge in [-0.05, 0) is 12.5 Å². The molecule has 2 aliphatic heterocycles. The molecule has 0 radical (unpaired) electrons. The molecule has 2 aliphatic rings. The van der Waals surface area contributed by atoms with Gasteiger partial charge in [0.15, 0.2) is 0 Å². The second kappa shape index (κ2) is 6.76. The lowest BCUT2D eigenvalue weighted by atomic mass is 10.1. The molecular weight excluding hydrogens is 320 g/mol. The number of amides is 3. The molecule has 2 aromatic rings. The van der Waals surface area contributed by atoms with Crippen LogP contribution in [0.1, 0.15) is 16.8 Å². The number of para-hydroxylation sites is 1. The highest BCUT2D eigenvalue weighted by atomic mass is 16.5. The number of H-pyrrole nitrogens is 1. The van der Waals surface area contributed by atoms with Crippen molar-refractivity contribution in [1.29, 1.82) is 0 Å². The van der Waals surface area contributed by atoms with Crippen molar-refractivity contribution in [2.24, 2.45) is 0 Å². The molecular formula is C18H22N4O3. The maximum absolute atomic E-state index is 12.9. The van der Waals surface area contributed by atoms with Crippen LogP contribution in [0.3, 0.4) is 0 Å². The lowest BCUT2D eigenvalue weighted by molar-refractivity contribution is -0.00196. The van der Waals surface area contributed by atoms with Gasteiger partial charge in [-0.2, -0.15) is 0 Å². The first kappa shape index (κ1) is 16.0. The molecule has 7 heteroatoms. The summed E-state index contributed by atoms with van der Waals surface area (Å²) in [6, 6.07) is 7.87. The molecule has 0 saturated carbocycles. The van der Waals surface area contributed by atoms with E-state index in [9.17, 15) is 9.59 Å². The summed E-state index contributed by atoms with van der Waals surface area (Å²) in [5.41, 5.74) is 1.66. The van der Waals surface area contributed by atoms with E-state index in [4.69, 9.17) is 4.74 Å². The largest absolute Gasteiger partial charge is 0.377 e. The van der Waals surface area contributed by atoms with E-state index in [2.05, 4.69) is 10.3 Å². The van der Waals surface area contributed by atoms with Crippen molar-refractivity contribution >= 4 is 22.8 Å². The Labute approximate surface area is 145 Å². The van der Waals surface area contributed by atoms with Crippen LogP contribution < -0.4 is 5.32 Å². The second-order valence-corrected chi connectivity index (χ2v) is 6.56. The number of fused-ring (bicyclic) bond motifs is 1. The summed E-state index contributed by atoms with van der Waals surface area (Å²) < 4.78 is 5.08. The van der Waals surface area contributed by atoms with Gasteiger partial charge in [0.1, 0.15) is 0 Å². The molecule has 0 aliphatic carbocycles. The van der Waals surface area contributed by atoms with Gasteiger partial charge in [0, 0.05) is 43.3 Å². The lowest BCUT2D eigenvalue weighted by Gasteiger charge is -2.30. The van der Waals surface area contributed by atoms with Crippen molar-refractivity contribution < 1.29 is 14.3 Å². The van der Waals surface area contributed by atoms with E-state index in [0.717, 1.165) is 17.3 Å². The zero-order chi connectivity index (χ0) is 17.2. The molecule has 2 N–H and O–H groups in total. The quantitative estimate of drug-likeness (QED) is 0.867. The molecule has 2 saturated heterocycles. The predicted octanol–water partition coefficient (Wildman–Crippen LogP) is 1.42. The van der Waals surface area contributed by atoms with Gasteiger partial charge in [0.05, 0.1) is 24.8 Å². The number of aromatic amines is 1. The van der Waals surface area contributed by atoms with E-state index in [1.807, 2.05) is 29.2 Å². The van der Waals surface area contributed by atoms with Crippen LogP contribution >= 0.6 is 0 Å². The minimum atomic E-state index is -0.0605. The van der Waals surface area contributed by atoms with E-state index in [1.165, 1.54) is 0 Å². The number of rotatable bonds is 2. The van der Waals surface area contributed by atoms with Gasteiger partial charge < -0.3 is 24.8 Å². The van der Waals surface area contributed by atoms with Crippen molar-refractivity contribution in [3.8, 4) is 0 Å². The first-order valence-corrected chi connectivity index (χ1v) is 8.71. The molecule has 7 nitrogen and oxygen atoms in total. The van der Waals surface area contributed by atoms with Gasteiger partial charge in [-0.1, -0.05) is 18.2 Å². The highest BCUT2D eigenvalue weighted by Gasteiger charge is 2.27. The highest BCUT2D eigenvalue weighted by molar-refractivity contribution is 6.06. The minimum absolute atomic E-state index is 0.0205. The standard InChI is InChI=1S/C18H22N4O3/c23-17(15-10-19-16-5-2-1-4-14(15)16)21-6-3-7-22(9-8-21)18(24)20-13-11-25-12-13/h1-2,4-5,10,13,19H,3,6-9,11-12H2,(H,20,24). The van der Waals surface area contributed by atoms with Crippen LogP contribution in [0, 0.1) is 0 Å². The molecule has 3 amide bonds. The number of hydrogen-bond acceptors (Lipinski definition) is 3. The van der Waals surface area contributed by atoms with E-state index in [-0.39, 0.29) is 18.0 Å². The number of urea groups is 1. The lowest BCUT2D eigenvalue weighted by Crippen LogP contribution is -2.53. The Morgan fingerprint density at radius 3 is 2.64 bits per heavy atom. The van der Waals surface area contributed by atoms with Gasteiger partial charge >= 0.3 is 6.03 Å².